The number of rotatable bonds is 5. The molecule has 4 nitrogen and oxygen atoms in total. The average molecular weight is 262 g/mol. The van der Waals surface area contributed by atoms with Crippen LogP contribution in [0, 0.1) is 5.82 Å². The van der Waals surface area contributed by atoms with Gasteiger partial charge in [-0.15, -0.1) is 0 Å². The van der Waals surface area contributed by atoms with E-state index in [2.05, 4.69) is 10.2 Å². The number of nitrogens with zero attached hydrogens (tertiary/aromatic N) is 1. The Hall–Kier alpha value is -2.17. The number of hydrogen-bond donors (Lipinski definition) is 1. The molecular formula is C14H15FN2O2. The van der Waals surface area contributed by atoms with Gasteiger partial charge in [0.1, 0.15) is 11.5 Å². The number of aromatic nitrogens is 2. The number of carbonyl (C=O) groups excluding carboxylic acids is 1. The Morgan fingerprint density at radius 3 is 2.74 bits per heavy atom. The van der Waals surface area contributed by atoms with E-state index in [1.54, 1.807) is 25.1 Å². The smallest absolute Gasteiger partial charge is 0.356 e. The van der Waals surface area contributed by atoms with Crippen molar-refractivity contribution in [2.24, 2.45) is 0 Å². The van der Waals surface area contributed by atoms with Crippen molar-refractivity contribution >= 4 is 5.97 Å². The molecule has 5 heteroatoms. The summed E-state index contributed by atoms with van der Waals surface area (Å²) in [6.07, 6.45) is 1.43. The number of hydrogen-bond acceptors (Lipinski definition) is 3. The lowest BCUT2D eigenvalue weighted by atomic mass is 10.1. The Bertz CT molecular complexity index is 549. The zero-order valence-corrected chi connectivity index (χ0v) is 10.6. The Morgan fingerprint density at radius 1 is 1.32 bits per heavy atom. The average Bonchev–Trinajstić information content (AvgIpc) is 2.87. The number of benzene rings is 1. The third-order valence-electron chi connectivity index (χ3n) is 2.71. The standard InChI is InChI=1S/C14H15FN2O2/c1-2-19-14(18)13-9-12(16-17-13)8-5-10-3-6-11(15)7-4-10/h3-4,6-7,9H,2,5,8H2,1H3,(H,16,17). The first-order valence-electron chi connectivity index (χ1n) is 6.15. The lowest BCUT2D eigenvalue weighted by Gasteiger charge is -1.98. The summed E-state index contributed by atoms with van der Waals surface area (Å²) < 4.78 is 17.6. The molecule has 1 aromatic carbocycles. The van der Waals surface area contributed by atoms with E-state index in [0.717, 1.165) is 17.7 Å². The van der Waals surface area contributed by atoms with Gasteiger partial charge in [0, 0.05) is 0 Å². The van der Waals surface area contributed by atoms with Gasteiger partial charge in [-0.25, -0.2) is 9.18 Å². The Kier molecular flexibility index (Phi) is 4.28. The molecule has 0 spiro atoms. The van der Waals surface area contributed by atoms with Gasteiger partial charge in [0.05, 0.1) is 12.3 Å². The molecule has 100 valence electrons. The number of nitrogens with one attached hydrogen (secondary N) is 1. The molecule has 0 saturated heterocycles. The first kappa shape index (κ1) is 13.3. The van der Waals surface area contributed by atoms with E-state index in [-0.39, 0.29) is 5.82 Å². The number of halogens is 1. The van der Waals surface area contributed by atoms with Gasteiger partial charge >= 0.3 is 5.97 Å². The maximum atomic E-state index is 12.7. The first-order valence-corrected chi connectivity index (χ1v) is 6.15. The highest BCUT2D eigenvalue weighted by molar-refractivity contribution is 5.87. The predicted molar refractivity (Wildman–Crippen MR) is 68.4 cm³/mol. The molecule has 1 N–H and O–H groups in total. The van der Waals surface area contributed by atoms with Gasteiger partial charge in [0.2, 0.25) is 0 Å². The Labute approximate surface area is 110 Å². The predicted octanol–water partition coefficient (Wildman–Crippen LogP) is 2.51. The van der Waals surface area contributed by atoms with Gasteiger partial charge < -0.3 is 4.74 Å². The van der Waals surface area contributed by atoms with Gasteiger partial charge in [0.15, 0.2) is 0 Å². The van der Waals surface area contributed by atoms with Crippen LogP contribution in [-0.2, 0) is 17.6 Å². The van der Waals surface area contributed by atoms with E-state index in [1.165, 1.54) is 12.1 Å². The van der Waals surface area contributed by atoms with Crippen LogP contribution in [0.3, 0.4) is 0 Å². The van der Waals surface area contributed by atoms with Crippen molar-refractivity contribution in [3.63, 3.8) is 0 Å². The van der Waals surface area contributed by atoms with E-state index in [0.29, 0.717) is 18.7 Å². The second-order valence-corrected chi connectivity index (χ2v) is 4.12. The number of aryl methyl sites for hydroxylation is 2. The summed E-state index contributed by atoms with van der Waals surface area (Å²) in [5.41, 5.74) is 2.17. The molecule has 0 radical (unpaired) electrons. The van der Waals surface area contributed by atoms with Crippen molar-refractivity contribution in [2.75, 3.05) is 6.61 Å². The van der Waals surface area contributed by atoms with E-state index in [1.807, 2.05) is 0 Å². The third-order valence-corrected chi connectivity index (χ3v) is 2.71. The highest BCUT2D eigenvalue weighted by atomic mass is 19.1. The van der Waals surface area contributed by atoms with Crippen molar-refractivity contribution in [1.29, 1.82) is 0 Å². The zero-order valence-electron chi connectivity index (χ0n) is 10.6. The molecule has 0 aliphatic heterocycles. The third kappa shape index (κ3) is 3.64. The monoisotopic (exact) mass is 262 g/mol. The van der Waals surface area contributed by atoms with Crippen LogP contribution in [0.4, 0.5) is 4.39 Å². The molecule has 0 aliphatic rings. The van der Waals surface area contributed by atoms with Crippen molar-refractivity contribution in [3.8, 4) is 0 Å². The minimum Gasteiger partial charge on any atom is -0.461 e. The summed E-state index contributed by atoms with van der Waals surface area (Å²) in [6.45, 7) is 2.09. The van der Waals surface area contributed by atoms with E-state index < -0.39 is 5.97 Å². The first-order chi connectivity index (χ1) is 9.19. The van der Waals surface area contributed by atoms with Gasteiger partial charge in [-0.05, 0) is 43.5 Å². The Balaban J connectivity index is 1.93. The largest absolute Gasteiger partial charge is 0.461 e. The molecule has 1 aromatic heterocycles. The van der Waals surface area contributed by atoms with Gasteiger partial charge in [-0.2, -0.15) is 5.10 Å². The van der Waals surface area contributed by atoms with Crippen molar-refractivity contribution in [3.05, 3.63) is 53.1 Å². The van der Waals surface area contributed by atoms with Crippen molar-refractivity contribution in [2.45, 2.75) is 19.8 Å². The lowest BCUT2D eigenvalue weighted by molar-refractivity contribution is 0.0519. The molecule has 0 amide bonds. The van der Waals surface area contributed by atoms with Gasteiger partial charge in [0.25, 0.3) is 0 Å². The van der Waals surface area contributed by atoms with Crippen molar-refractivity contribution in [1.82, 2.24) is 10.2 Å². The van der Waals surface area contributed by atoms with Gasteiger partial charge in [-0.3, -0.25) is 5.10 Å². The van der Waals surface area contributed by atoms with Crippen LogP contribution in [0.25, 0.3) is 0 Å². The zero-order chi connectivity index (χ0) is 13.7. The summed E-state index contributed by atoms with van der Waals surface area (Å²) >= 11 is 0. The van der Waals surface area contributed by atoms with E-state index >= 15 is 0 Å². The lowest BCUT2D eigenvalue weighted by Crippen LogP contribution is -2.04. The van der Waals surface area contributed by atoms with Crippen LogP contribution >= 0.6 is 0 Å². The van der Waals surface area contributed by atoms with Crippen LogP contribution in [0.1, 0.15) is 28.7 Å². The summed E-state index contributed by atoms with van der Waals surface area (Å²) in [4.78, 5) is 11.4. The second kappa shape index (κ2) is 6.13. The van der Waals surface area contributed by atoms with Crippen LogP contribution in [-0.4, -0.2) is 22.8 Å². The maximum absolute atomic E-state index is 12.7. The normalized spacial score (nSPS) is 10.4. The molecule has 0 fully saturated rings. The summed E-state index contributed by atoms with van der Waals surface area (Å²) in [5, 5.41) is 6.70. The van der Waals surface area contributed by atoms with Gasteiger partial charge in [-0.1, -0.05) is 12.1 Å². The van der Waals surface area contributed by atoms with E-state index in [4.69, 9.17) is 4.74 Å². The minimum absolute atomic E-state index is 0.242. The fraction of sp³-hybridized carbons (Fsp3) is 0.286. The fourth-order valence-electron chi connectivity index (χ4n) is 1.73. The SMILES string of the molecule is CCOC(=O)c1cc(CCc2ccc(F)cc2)n[nH]1. The number of carbonyl (C=O) groups is 1. The molecule has 2 rings (SSSR count). The summed E-state index contributed by atoms with van der Waals surface area (Å²) in [6, 6.07) is 8.04. The molecular weight excluding hydrogens is 247 g/mol. The van der Waals surface area contributed by atoms with Crippen molar-refractivity contribution < 1.29 is 13.9 Å². The minimum atomic E-state index is -0.400. The molecule has 0 aliphatic carbocycles. The van der Waals surface area contributed by atoms with E-state index in [9.17, 15) is 9.18 Å². The molecule has 0 unspecified atom stereocenters. The molecule has 0 bridgehead atoms. The fourth-order valence-corrected chi connectivity index (χ4v) is 1.73. The van der Waals surface area contributed by atoms with Crippen LogP contribution in [0.5, 0.6) is 0 Å². The molecule has 1 heterocycles. The molecule has 0 atom stereocenters. The number of H-pyrrole nitrogens is 1. The topological polar surface area (TPSA) is 55.0 Å². The maximum Gasteiger partial charge on any atom is 0.356 e. The Morgan fingerprint density at radius 2 is 2.05 bits per heavy atom. The quantitative estimate of drug-likeness (QED) is 0.842. The molecule has 2 aromatic rings. The highest BCUT2D eigenvalue weighted by Crippen LogP contribution is 2.08. The summed E-state index contributed by atoms with van der Waals surface area (Å²) in [5.74, 6) is -0.642. The number of esters is 1. The molecule has 19 heavy (non-hydrogen) atoms. The summed E-state index contributed by atoms with van der Waals surface area (Å²) in [7, 11) is 0. The number of aromatic amines is 1. The van der Waals surface area contributed by atoms with Crippen LogP contribution < -0.4 is 0 Å². The number of ether oxygens (including phenoxy) is 1. The van der Waals surface area contributed by atoms with Crippen LogP contribution in [0.15, 0.2) is 30.3 Å². The van der Waals surface area contributed by atoms with Crippen LogP contribution in [0.2, 0.25) is 0 Å². The highest BCUT2D eigenvalue weighted by Gasteiger charge is 2.10. The molecule has 0 saturated carbocycles. The second-order valence-electron chi connectivity index (χ2n) is 4.12.